The summed E-state index contributed by atoms with van der Waals surface area (Å²) in [6, 6.07) is 0. The molecule has 0 aromatic rings. The molecule has 7 atom stereocenters. The highest BCUT2D eigenvalue weighted by atomic mass is 16.7. The number of hydrogen-bond donors (Lipinski definition) is 1. The van der Waals surface area contributed by atoms with Gasteiger partial charge >= 0.3 is 0 Å². The van der Waals surface area contributed by atoms with Gasteiger partial charge in [0.25, 0.3) is 0 Å². The summed E-state index contributed by atoms with van der Waals surface area (Å²) in [6.07, 6.45) is 11.2. The fourth-order valence-corrected chi connectivity index (χ4v) is 7.56. The Labute approximate surface area is 140 Å². The Kier molecular flexibility index (Phi) is 3.42. The Morgan fingerprint density at radius 3 is 2.43 bits per heavy atom. The monoisotopic (exact) mass is 320 g/mol. The van der Waals surface area contributed by atoms with E-state index in [9.17, 15) is 5.11 Å². The third-order valence-electron chi connectivity index (χ3n) is 8.71. The minimum atomic E-state index is -0.208. The van der Waals surface area contributed by atoms with E-state index < -0.39 is 0 Å². The van der Waals surface area contributed by atoms with Gasteiger partial charge < -0.3 is 14.6 Å². The van der Waals surface area contributed by atoms with Crippen molar-refractivity contribution < 1.29 is 14.6 Å². The van der Waals surface area contributed by atoms with E-state index >= 15 is 0 Å². The second-order valence-electron chi connectivity index (χ2n) is 9.42. The standard InChI is InChI=1S/C20H32O3/c1-19-8-6-15-14-7-9-20(22-10-11-23-20)12-13(14)2-3-16(15)17(19)4-5-18(19)21/h13-18,21H,2-12H2,1H3/t13-,14-,15-,16-,17-,18+,19-/m0/s1. The van der Waals surface area contributed by atoms with Crippen molar-refractivity contribution in [2.45, 2.75) is 76.6 Å². The first-order valence-corrected chi connectivity index (χ1v) is 10.1. The van der Waals surface area contributed by atoms with Crippen LogP contribution >= 0.6 is 0 Å². The molecule has 3 heteroatoms. The van der Waals surface area contributed by atoms with Gasteiger partial charge in [-0.1, -0.05) is 6.92 Å². The van der Waals surface area contributed by atoms with Gasteiger partial charge in [-0.05, 0) is 80.0 Å². The summed E-state index contributed by atoms with van der Waals surface area (Å²) in [5, 5.41) is 10.5. The van der Waals surface area contributed by atoms with Gasteiger partial charge in [-0.3, -0.25) is 0 Å². The van der Waals surface area contributed by atoms with Crippen LogP contribution in [0.4, 0.5) is 0 Å². The van der Waals surface area contributed by atoms with Crippen molar-refractivity contribution in [2.75, 3.05) is 13.2 Å². The second kappa shape index (κ2) is 5.19. The molecule has 0 amide bonds. The lowest BCUT2D eigenvalue weighted by Crippen LogP contribution is -2.51. The van der Waals surface area contributed by atoms with Crippen molar-refractivity contribution in [3.8, 4) is 0 Å². The molecular formula is C20H32O3. The first-order valence-electron chi connectivity index (χ1n) is 10.1. The zero-order valence-corrected chi connectivity index (χ0v) is 14.5. The van der Waals surface area contributed by atoms with E-state index in [0.717, 1.165) is 62.1 Å². The molecule has 1 N–H and O–H groups in total. The van der Waals surface area contributed by atoms with E-state index in [1.807, 2.05) is 0 Å². The second-order valence-corrected chi connectivity index (χ2v) is 9.42. The fourth-order valence-electron chi connectivity index (χ4n) is 7.56. The predicted molar refractivity (Wildman–Crippen MR) is 87.8 cm³/mol. The quantitative estimate of drug-likeness (QED) is 0.739. The molecule has 5 rings (SSSR count). The number of fused-ring (bicyclic) bond motifs is 5. The van der Waals surface area contributed by atoms with E-state index in [2.05, 4.69) is 6.92 Å². The first-order chi connectivity index (χ1) is 11.1. The summed E-state index contributed by atoms with van der Waals surface area (Å²) in [7, 11) is 0. The van der Waals surface area contributed by atoms with Crippen molar-refractivity contribution in [3.05, 3.63) is 0 Å². The number of ether oxygens (including phenoxy) is 2. The lowest BCUT2D eigenvalue weighted by Gasteiger charge is -2.56. The zero-order chi connectivity index (χ0) is 15.7. The molecule has 1 saturated heterocycles. The van der Waals surface area contributed by atoms with Crippen LogP contribution in [0.15, 0.2) is 0 Å². The molecule has 1 spiro atoms. The maximum atomic E-state index is 10.5. The highest BCUT2D eigenvalue weighted by Gasteiger charge is 2.58. The predicted octanol–water partition coefficient (Wildman–Crippen LogP) is 3.74. The maximum absolute atomic E-state index is 10.5. The average molecular weight is 320 g/mol. The highest BCUT2D eigenvalue weighted by Crippen LogP contribution is 2.63. The van der Waals surface area contributed by atoms with Gasteiger partial charge in [0.2, 0.25) is 0 Å². The topological polar surface area (TPSA) is 38.7 Å². The van der Waals surface area contributed by atoms with Gasteiger partial charge in [0.15, 0.2) is 5.79 Å². The molecule has 5 fully saturated rings. The van der Waals surface area contributed by atoms with Gasteiger partial charge in [-0.25, -0.2) is 0 Å². The summed E-state index contributed by atoms with van der Waals surface area (Å²) >= 11 is 0. The lowest BCUT2D eigenvalue weighted by molar-refractivity contribution is -0.210. The van der Waals surface area contributed by atoms with E-state index in [1.54, 1.807) is 0 Å². The van der Waals surface area contributed by atoms with E-state index in [4.69, 9.17) is 9.47 Å². The SMILES string of the molecule is C[C@]12CC[C@H]3[C@H]4CCC5(C[C@@H]4CC[C@@H]3[C@@H]1CC[C@H]2O)OCCO5. The summed E-state index contributed by atoms with van der Waals surface area (Å²) < 4.78 is 12.0. The molecular weight excluding hydrogens is 288 g/mol. The molecule has 130 valence electrons. The largest absolute Gasteiger partial charge is 0.393 e. The zero-order valence-electron chi connectivity index (χ0n) is 14.5. The molecule has 0 radical (unpaired) electrons. The molecule has 4 saturated carbocycles. The minimum absolute atomic E-state index is 0.0407. The van der Waals surface area contributed by atoms with Crippen LogP contribution in [0.2, 0.25) is 0 Å². The summed E-state index contributed by atoms with van der Waals surface area (Å²) in [6.45, 7) is 3.97. The molecule has 0 unspecified atom stereocenters. The number of aliphatic hydroxyl groups excluding tert-OH is 1. The molecule has 3 nitrogen and oxygen atoms in total. The number of rotatable bonds is 0. The first kappa shape index (κ1) is 15.2. The molecule has 0 aromatic carbocycles. The Bertz CT molecular complexity index is 472. The number of aliphatic hydroxyl groups is 1. The normalized spacial score (nSPS) is 54.5. The molecule has 5 aliphatic rings. The van der Waals surface area contributed by atoms with Crippen LogP contribution in [0.5, 0.6) is 0 Å². The fraction of sp³-hybridized carbons (Fsp3) is 1.00. The van der Waals surface area contributed by atoms with E-state index in [-0.39, 0.29) is 17.3 Å². The van der Waals surface area contributed by atoms with Crippen LogP contribution in [-0.4, -0.2) is 30.2 Å². The highest BCUT2D eigenvalue weighted by molar-refractivity contribution is 5.06. The summed E-state index contributed by atoms with van der Waals surface area (Å²) in [5.74, 6) is 4.09. The lowest BCUT2D eigenvalue weighted by atomic mass is 9.50. The smallest absolute Gasteiger partial charge is 0.168 e. The van der Waals surface area contributed by atoms with Crippen LogP contribution in [-0.2, 0) is 9.47 Å². The van der Waals surface area contributed by atoms with Gasteiger partial charge in [-0.2, -0.15) is 0 Å². The third-order valence-corrected chi connectivity index (χ3v) is 8.71. The average Bonchev–Trinajstić information content (AvgIpc) is 3.12. The van der Waals surface area contributed by atoms with E-state index in [1.165, 1.54) is 38.5 Å². The molecule has 23 heavy (non-hydrogen) atoms. The van der Waals surface area contributed by atoms with Crippen molar-refractivity contribution >= 4 is 0 Å². The van der Waals surface area contributed by atoms with Crippen molar-refractivity contribution in [3.63, 3.8) is 0 Å². The summed E-state index contributed by atoms with van der Waals surface area (Å²) in [5.41, 5.74) is 0.224. The Balaban J connectivity index is 1.36. The van der Waals surface area contributed by atoms with Crippen molar-refractivity contribution in [2.24, 2.45) is 35.0 Å². The van der Waals surface area contributed by atoms with Crippen LogP contribution in [0.3, 0.4) is 0 Å². The van der Waals surface area contributed by atoms with Crippen molar-refractivity contribution in [1.29, 1.82) is 0 Å². The van der Waals surface area contributed by atoms with Gasteiger partial charge in [0, 0.05) is 12.8 Å². The van der Waals surface area contributed by atoms with Crippen LogP contribution in [0.1, 0.15) is 64.7 Å². The minimum Gasteiger partial charge on any atom is -0.393 e. The Hall–Kier alpha value is -0.120. The molecule has 0 aromatic heterocycles. The van der Waals surface area contributed by atoms with Gasteiger partial charge in [-0.15, -0.1) is 0 Å². The third kappa shape index (κ3) is 2.12. The Morgan fingerprint density at radius 1 is 0.826 bits per heavy atom. The Morgan fingerprint density at radius 2 is 1.61 bits per heavy atom. The van der Waals surface area contributed by atoms with E-state index in [0.29, 0.717) is 0 Å². The molecule has 0 bridgehead atoms. The van der Waals surface area contributed by atoms with Gasteiger partial charge in [0.1, 0.15) is 0 Å². The maximum Gasteiger partial charge on any atom is 0.168 e. The molecule has 1 aliphatic heterocycles. The molecule has 4 aliphatic carbocycles. The van der Waals surface area contributed by atoms with Crippen molar-refractivity contribution in [1.82, 2.24) is 0 Å². The molecule has 1 heterocycles. The number of hydrogen-bond acceptors (Lipinski definition) is 3. The summed E-state index contributed by atoms with van der Waals surface area (Å²) in [4.78, 5) is 0. The van der Waals surface area contributed by atoms with Gasteiger partial charge in [0.05, 0.1) is 19.3 Å². The van der Waals surface area contributed by atoms with Crippen LogP contribution < -0.4 is 0 Å². The van der Waals surface area contributed by atoms with Crippen LogP contribution in [0.25, 0.3) is 0 Å². The van der Waals surface area contributed by atoms with Crippen LogP contribution in [0, 0.1) is 35.0 Å².